The quantitative estimate of drug-likeness (QED) is 0.0116. The summed E-state index contributed by atoms with van der Waals surface area (Å²) < 4.78 is 60.4. The van der Waals surface area contributed by atoms with Crippen molar-refractivity contribution in [3.8, 4) is 5.75 Å². The van der Waals surface area contributed by atoms with Crippen LogP contribution in [-0.2, 0) is 66.5 Å². The molecule has 0 spiro atoms. The highest BCUT2D eigenvalue weighted by Gasteiger charge is 2.62. The Morgan fingerprint density at radius 3 is 1.64 bits per heavy atom. The van der Waals surface area contributed by atoms with E-state index in [2.05, 4.69) is 38.2 Å². The molecule has 0 radical (unpaired) electrons. The van der Waals surface area contributed by atoms with Crippen LogP contribution >= 0.6 is 22.6 Å². The molecule has 660 valence electrons. The first-order valence-electron chi connectivity index (χ1n) is 40.0. The van der Waals surface area contributed by atoms with E-state index < -0.39 is 247 Å². The summed E-state index contributed by atoms with van der Waals surface area (Å²) in [6.07, 6.45) is -29.3. The van der Waals surface area contributed by atoms with Gasteiger partial charge in [0.25, 0.3) is 11.7 Å². The maximum absolute atomic E-state index is 13.8. The molecule has 5 aliphatic heterocycles. The lowest BCUT2D eigenvalue weighted by Gasteiger charge is -2.52. The van der Waals surface area contributed by atoms with Gasteiger partial charge in [-0.05, 0) is 53.5 Å². The van der Waals surface area contributed by atoms with Gasteiger partial charge in [0.15, 0.2) is 25.2 Å². The number of carbonyl (C=O) groups excluding carboxylic acids is 4. The fraction of sp³-hybridized carbons (Fsp3) is 0.851. The average molecular weight is 1760 g/mol. The number of phenols is 1. The van der Waals surface area contributed by atoms with Crippen molar-refractivity contribution in [2.24, 2.45) is 5.11 Å². The first-order chi connectivity index (χ1) is 55.0. The van der Waals surface area contributed by atoms with E-state index in [0.29, 0.717) is 32.2 Å². The largest absolute Gasteiger partial charge is 0.506 e. The number of ether oxygens (including phenoxy) is 10. The van der Waals surface area contributed by atoms with Gasteiger partial charge in [-0.3, -0.25) is 19.2 Å². The van der Waals surface area contributed by atoms with Gasteiger partial charge in [0.2, 0.25) is 17.7 Å². The van der Waals surface area contributed by atoms with Crippen LogP contribution in [0.15, 0.2) is 17.2 Å². The van der Waals surface area contributed by atoms with Crippen molar-refractivity contribution in [2.75, 3.05) is 46.2 Å². The molecule has 115 heavy (non-hydrogen) atoms. The molecule has 4 amide bonds. The number of hydrogen-bond donors (Lipinski definition) is 22. The molecule has 1 aromatic rings. The summed E-state index contributed by atoms with van der Waals surface area (Å²) in [6, 6.07) is -1.96. The van der Waals surface area contributed by atoms with Crippen LogP contribution in [0.3, 0.4) is 0 Å². The topological polar surface area (TPSA) is 639 Å². The van der Waals surface area contributed by atoms with E-state index in [9.17, 15) is 116 Å². The number of aliphatic hydroxyl groups is 16. The number of rotatable bonds is 51. The molecule has 0 saturated carbocycles. The Hall–Kier alpha value is -4.63. The molecule has 0 bridgehead atoms. The van der Waals surface area contributed by atoms with Crippen molar-refractivity contribution in [1.29, 1.82) is 0 Å². The van der Waals surface area contributed by atoms with Crippen molar-refractivity contribution in [1.82, 2.24) is 21.3 Å². The van der Waals surface area contributed by atoms with Gasteiger partial charge < -0.3 is 161 Å². The molecule has 1 aromatic carbocycles. The van der Waals surface area contributed by atoms with E-state index in [4.69, 9.17) is 52.9 Å². The normalized spacial score (nSPS) is 32.7. The number of halogens is 1. The first-order valence-corrected chi connectivity index (χ1v) is 41.0. The number of carboxylic acid groups (broad SMARTS) is 1. The molecule has 28 atom stereocenters. The summed E-state index contributed by atoms with van der Waals surface area (Å²) in [7, 11) is 0. The van der Waals surface area contributed by atoms with E-state index in [1.807, 2.05) is 0 Å². The highest BCUT2D eigenvalue weighted by atomic mass is 125. The molecule has 0 aromatic heterocycles. The highest BCUT2D eigenvalue weighted by Crippen LogP contribution is 2.42. The molecule has 22 N–H and O–H groups in total. The number of azide groups is 1. The van der Waals surface area contributed by atoms with Crippen molar-refractivity contribution in [2.45, 2.75) is 352 Å². The number of aromatic hydroxyl groups is 1. The van der Waals surface area contributed by atoms with Gasteiger partial charge in [-0.1, -0.05) is 147 Å². The van der Waals surface area contributed by atoms with Gasteiger partial charge in [-0.2, -0.15) is 0 Å². The lowest BCUT2D eigenvalue weighted by molar-refractivity contribution is -0.403. The zero-order valence-electron chi connectivity index (χ0n) is 65.3. The van der Waals surface area contributed by atoms with Gasteiger partial charge in [-0.25, -0.2) is 4.79 Å². The minimum atomic E-state index is -3.40. The third-order valence-corrected chi connectivity index (χ3v) is 22.4. The number of unbranched alkanes of at least 4 members (excludes halogenated alkanes) is 20. The van der Waals surface area contributed by atoms with Gasteiger partial charge >= 0.3 is 5.97 Å². The number of aliphatic hydroxyl groups excluding tert-OH is 16. The third-order valence-electron chi connectivity index (χ3n) is 21.3. The van der Waals surface area contributed by atoms with Gasteiger partial charge in [0, 0.05) is 38.1 Å². The summed E-state index contributed by atoms with van der Waals surface area (Å²) in [5.74, 6) is -8.52. The number of nitrogens with zero attached hydrogens (tertiary/aromatic N) is 3. The number of amides is 4. The Labute approximate surface area is 680 Å². The smallest absolute Gasteiger partial charge is 0.364 e. The molecule has 5 saturated heterocycles. The van der Waals surface area contributed by atoms with Gasteiger partial charge in [0.05, 0.1) is 78.8 Å². The molecule has 0 aliphatic carbocycles. The zero-order valence-corrected chi connectivity index (χ0v) is 67.4. The monoisotopic (exact) mass is 1760 g/mol. The fourth-order valence-electron chi connectivity index (χ4n) is 14.8. The minimum Gasteiger partial charge on any atom is -0.506 e. The van der Waals surface area contributed by atoms with E-state index in [0.717, 1.165) is 84.5 Å². The molecule has 5 heterocycles. The maximum Gasteiger partial charge on any atom is 0.364 e. The van der Waals surface area contributed by atoms with Crippen LogP contribution in [0.5, 0.6) is 5.75 Å². The predicted octanol–water partition coefficient (Wildman–Crippen LogP) is -1.50. The number of carbonyl (C=O) groups is 5. The Bertz CT molecular complexity index is 3120. The number of nitrogens with one attached hydrogen (secondary N) is 4. The Balaban J connectivity index is 1.18. The summed E-state index contributed by atoms with van der Waals surface area (Å²) in [5.41, 5.74) is 9.02. The number of aliphatic carboxylic acids is 1. The zero-order chi connectivity index (χ0) is 84.6. The highest BCUT2D eigenvalue weighted by molar-refractivity contribution is 14.1. The average Bonchev–Trinajstić information content (AvgIpc) is 0.747. The summed E-state index contributed by atoms with van der Waals surface area (Å²) in [4.78, 5) is 68.6. The Morgan fingerprint density at radius 1 is 0.583 bits per heavy atom. The van der Waals surface area contributed by atoms with E-state index in [1.165, 1.54) is 57.1 Å². The lowest BCUT2D eigenvalue weighted by Crippen LogP contribution is -2.72. The van der Waals surface area contributed by atoms with Crippen molar-refractivity contribution in [3.05, 3.63) is 31.7 Å². The van der Waals surface area contributed by atoms with E-state index in [1.54, 1.807) is 22.6 Å². The Morgan fingerprint density at radius 2 is 1.08 bits per heavy atom. The summed E-state index contributed by atoms with van der Waals surface area (Å²) >= 11 is 1.80. The second kappa shape index (κ2) is 50.6. The fourth-order valence-corrected chi connectivity index (χ4v) is 15.3. The number of carboxylic acids is 1. The summed E-state index contributed by atoms with van der Waals surface area (Å²) in [6.45, 7) is -1.61. The van der Waals surface area contributed by atoms with Crippen LogP contribution in [0.4, 0.5) is 5.69 Å². The maximum atomic E-state index is 13.8. The van der Waals surface area contributed by atoms with Crippen LogP contribution in [0, 0.1) is 3.57 Å². The van der Waals surface area contributed by atoms with Crippen molar-refractivity contribution < 1.29 is 163 Å². The van der Waals surface area contributed by atoms with Crippen LogP contribution in [0.25, 0.3) is 10.4 Å². The number of phenolic OH excluding ortho intramolecular Hbond substituents is 1. The molecule has 5 aliphatic rings. The lowest BCUT2D eigenvalue weighted by atomic mass is 9.88. The molecule has 6 rings (SSSR count). The molecule has 41 heteroatoms. The molecule has 5 fully saturated rings. The first kappa shape index (κ1) is 99.2. The van der Waals surface area contributed by atoms with Crippen molar-refractivity contribution in [3.63, 3.8) is 0 Å². The number of hydrogen-bond acceptors (Lipinski definition) is 33. The van der Waals surface area contributed by atoms with Gasteiger partial charge in [-0.15, -0.1) is 0 Å². The number of benzene rings is 1. The SMILES string of the molecule is CCCCCCCCCCCCCCCC(O)C(CO[C@@H]1O[C@H](CO)[C@@H](O[C@@H]2O[C@H](CO)[C@H](O[C@@H]3O[C@H](CO)[C@H](O)[C@H](O[C@@H]4O[C@H](CO)[C@H](O)[C@H](O)[C@H]4O)[C@H]3NC(C)=O)[C@H](O[C@@]3(C(=O)O)C[C@H](O)[C@@H](NC(C)=O)[C@H]([C@H](O)[C@H](O)CO)O3)[C@H]2O)[C@H](O)[C@H]1O)NC(=O)CCCCCCCCCCCNC(=O)c1ccc(N=[N+]=[N-])c([125I])c1O. The van der Waals surface area contributed by atoms with Crippen LogP contribution in [0.2, 0.25) is 0 Å². The molecule has 2 unspecified atom stereocenters. The second-order valence-corrected chi connectivity index (χ2v) is 31.2. The second-order valence-electron chi connectivity index (χ2n) is 30.1. The van der Waals surface area contributed by atoms with Gasteiger partial charge in [0.1, 0.15) is 122 Å². The van der Waals surface area contributed by atoms with E-state index >= 15 is 0 Å². The molecule has 40 nitrogen and oxygen atoms in total. The summed E-state index contributed by atoms with van der Waals surface area (Å²) in [5, 5.41) is 214. The predicted molar refractivity (Wildman–Crippen MR) is 407 cm³/mol. The van der Waals surface area contributed by atoms with Crippen molar-refractivity contribution >= 4 is 57.9 Å². The van der Waals surface area contributed by atoms with Crippen LogP contribution in [0.1, 0.15) is 192 Å². The third kappa shape index (κ3) is 28.8. The minimum absolute atomic E-state index is 0.0715. The Kier molecular flexibility index (Phi) is 43.6. The van der Waals surface area contributed by atoms with E-state index in [-0.39, 0.29) is 33.4 Å². The van der Waals surface area contributed by atoms with Crippen LogP contribution in [-0.4, -0.2) is 339 Å². The molecular formula is C74H124IN7O33. The standard InChI is InChI=1S/C74H124IN7O33/c1-4-5-6-7-8-9-10-11-12-14-17-20-23-26-43(90)42(80-50(93)27-24-21-18-15-13-16-19-22-25-30-77-68(103)40-28-29-41(81-82-76)51(75)54(40)94)37-106-70-61(101)59(99)63(48(35-86)109-70)111-72-62(102)67(115-74(73(104)105)31-44(91)52(78-38(2)88)66(114-74)55(95)45(92)32-83)64(49(36-87)110-72)112-69-53(79-39(3)89)65(57(97)47(34-85)107-69)113-71-60(100)58(98)56(96)46(33-84)108-71/h28-29,42-49,52-53,55-67,69-72,83-87,90-92,94-102H,4-27,30-37H2,1-3H3,(H,77,103)(H,78,88)(H,79,89)(H,80,93)(H,104,105)/t42?,43?,44-,45+,46+,47+,48+,49+,52+,53+,55+,56-,57-,58-,59+,60+,61+,62+,63+,64-,65+,66+,67+,69-,70+,71-,72-,74+/m0/s1/i75-2. The van der Waals surface area contributed by atoms with Crippen LogP contribution < -0.4 is 21.3 Å². The molecular weight excluding hydrogens is 1640 g/mol.